The largest absolute Gasteiger partial charge is 2.00 e. The Morgan fingerprint density at radius 2 is 1.24 bits per heavy atom. The van der Waals surface area contributed by atoms with Crippen LogP contribution in [0.1, 0.15) is 73.0 Å². The molecule has 0 bridgehead atoms. The average molecular weight is 832 g/mol. The van der Waals surface area contributed by atoms with Crippen molar-refractivity contribution in [2.24, 2.45) is 0 Å². The molecular weight excluding hydrogens is 796 g/mol. The van der Waals surface area contributed by atoms with Crippen molar-refractivity contribution in [3.8, 4) is 39.6 Å². The second-order valence-electron chi connectivity index (χ2n) is 13.2. The Kier molecular flexibility index (Phi) is 9.11. The van der Waals surface area contributed by atoms with Gasteiger partial charge in [-0.25, -0.2) is 4.68 Å². The topological polar surface area (TPSA) is 52.8 Å². The standard InChI is InChI=1S/C44H36N4O.Pt/c1-29(2)35-20-13-21-36(30(3)4)43(35)41-28-48(47-46-41)32-15-12-17-34(27-32)49-33-16-11-14-31(26-33)44(42-24-9-10-25-45-42)39-22-7-5-18-37(39)38-19-6-8-23-40(38)44;/h5-25,28-30H,1-4H3;/q-2;+2. The van der Waals surface area contributed by atoms with Gasteiger partial charge in [-0.3, -0.25) is 4.98 Å². The SMILES string of the molecule is CC(C)c1cccc(C(C)C)c1-c1cn(-c2[c-]c(Oc3[c-]c(C4(c5ccccn5)c5ccccc5-c5ccccc54)ccc3)ccc2)nn1.[Pt+2]. The fourth-order valence-electron chi connectivity index (χ4n) is 7.34. The second-order valence-corrected chi connectivity index (χ2v) is 13.2. The molecule has 0 saturated carbocycles. The summed E-state index contributed by atoms with van der Waals surface area (Å²) < 4.78 is 8.27. The molecule has 5 nitrogen and oxygen atoms in total. The third kappa shape index (κ3) is 5.60. The van der Waals surface area contributed by atoms with E-state index in [4.69, 9.17) is 9.72 Å². The summed E-state index contributed by atoms with van der Waals surface area (Å²) in [6.07, 6.45) is 3.85. The van der Waals surface area contributed by atoms with Crippen molar-refractivity contribution >= 4 is 0 Å². The molecular formula is C44H36N4OPt. The Bertz CT molecular complexity index is 2220. The molecule has 7 aromatic rings. The van der Waals surface area contributed by atoms with Crippen molar-refractivity contribution in [2.75, 3.05) is 0 Å². The van der Waals surface area contributed by atoms with E-state index in [1.165, 1.54) is 33.4 Å². The fraction of sp³-hybridized carbons (Fsp3) is 0.159. The first kappa shape index (κ1) is 33.4. The van der Waals surface area contributed by atoms with E-state index in [0.717, 1.165) is 28.2 Å². The molecule has 2 aromatic heterocycles. The van der Waals surface area contributed by atoms with E-state index in [0.29, 0.717) is 23.3 Å². The zero-order valence-corrected chi connectivity index (χ0v) is 30.6. The summed E-state index contributed by atoms with van der Waals surface area (Å²) in [5, 5.41) is 9.16. The van der Waals surface area contributed by atoms with Gasteiger partial charge in [0.2, 0.25) is 0 Å². The summed E-state index contributed by atoms with van der Waals surface area (Å²) in [6, 6.07) is 48.8. The minimum absolute atomic E-state index is 0. The smallest absolute Gasteiger partial charge is 0.509 e. The van der Waals surface area contributed by atoms with Crippen molar-refractivity contribution in [1.82, 2.24) is 20.0 Å². The molecule has 50 heavy (non-hydrogen) atoms. The summed E-state index contributed by atoms with van der Waals surface area (Å²) >= 11 is 0. The first-order chi connectivity index (χ1) is 23.9. The quantitative estimate of drug-likeness (QED) is 0.143. The van der Waals surface area contributed by atoms with Gasteiger partial charge < -0.3 is 4.74 Å². The van der Waals surface area contributed by atoms with Crippen LogP contribution in [0.4, 0.5) is 0 Å². The van der Waals surface area contributed by atoms with E-state index < -0.39 is 5.41 Å². The first-order valence-electron chi connectivity index (χ1n) is 16.8. The van der Waals surface area contributed by atoms with Crippen LogP contribution in [-0.4, -0.2) is 20.0 Å². The van der Waals surface area contributed by atoms with Crippen LogP contribution in [0.5, 0.6) is 11.5 Å². The van der Waals surface area contributed by atoms with Crippen molar-refractivity contribution in [3.63, 3.8) is 0 Å². The van der Waals surface area contributed by atoms with Crippen LogP contribution in [-0.2, 0) is 26.5 Å². The number of ether oxygens (including phenoxy) is 1. The molecule has 1 aliphatic carbocycles. The van der Waals surface area contributed by atoms with Crippen LogP contribution < -0.4 is 4.74 Å². The van der Waals surface area contributed by atoms with E-state index in [1.54, 1.807) is 4.68 Å². The minimum atomic E-state index is -0.655. The van der Waals surface area contributed by atoms with Gasteiger partial charge in [0.1, 0.15) is 5.69 Å². The van der Waals surface area contributed by atoms with E-state index >= 15 is 0 Å². The number of aromatic nitrogens is 4. The monoisotopic (exact) mass is 831 g/mol. The first-order valence-corrected chi connectivity index (χ1v) is 16.8. The van der Waals surface area contributed by atoms with Crippen molar-refractivity contribution < 1.29 is 25.8 Å². The Hall–Kier alpha value is -5.12. The van der Waals surface area contributed by atoms with Gasteiger partial charge in [0.25, 0.3) is 0 Å². The molecule has 0 aliphatic heterocycles. The molecule has 0 atom stereocenters. The zero-order chi connectivity index (χ0) is 33.5. The predicted octanol–water partition coefficient (Wildman–Crippen LogP) is 10.3. The minimum Gasteiger partial charge on any atom is -0.509 e. The third-order valence-corrected chi connectivity index (χ3v) is 9.52. The number of nitrogens with zero attached hydrogens (tertiary/aromatic N) is 4. The summed E-state index contributed by atoms with van der Waals surface area (Å²) in [7, 11) is 0. The number of hydrogen-bond donors (Lipinski definition) is 0. The molecule has 8 rings (SSSR count). The summed E-state index contributed by atoms with van der Waals surface area (Å²) in [5.41, 5.74) is 11.3. The fourth-order valence-corrected chi connectivity index (χ4v) is 7.34. The summed E-state index contributed by atoms with van der Waals surface area (Å²) in [6.45, 7) is 8.87. The summed E-state index contributed by atoms with van der Waals surface area (Å²) in [5.74, 6) is 1.87. The molecule has 0 N–H and O–H groups in total. The number of pyridine rings is 1. The van der Waals surface area contributed by atoms with Crippen LogP contribution in [0.3, 0.4) is 0 Å². The Morgan fingerprint density at radius 1 is 0.640 bits per heavy atom. The van der Waals surface area contributed by atoms with Crippen LogP contribution in [0.25, 0.3) is 28.1 Å². The number of benzene rings is 5. The van der Waals surface area contributed by atoms with E-state index in [1.807, 2.05) is 48.8 Å². The Balaban J connectivity index is 0.00000392. The normalized spacial score (nSPS) is 12.8. The molecule has 248 valence electrons. The van der Waals surface area contributed by atoms with Gasteiger partial charge in [-0.2, -0.15) is 18.2 Å². The molecule has 0 radical (unpaired) electrons. The maximum Gasteiger partial charge on any atom is 2.00 e. The molecule has 0 amide bonds. The van der Waals surface area contributed by atoms with Crippen LogP contribution in [0.15, 0.2) is 134 Å². The molecule has 0 spiro atoms. The van der Waals surface area contributed by atoms with E-state index in [2.05, 4.69) is 135 Å². The molecule has 0 saturated heterocycles. The molecule has 0 unspecified atom stereocenters. The molecule has 2 heterocycles. The van der Waals surface area contributed by atoms with Gasteiger partial charge in [0, 0.05) is 23.3 Å². The number of rotatable bonds is 8. The van der Waals surface area contributed by atoms with Crippen molar-refractivity contribution in [3.05, 3.63) is 179 Å². The summed E-state index contributed by atoms with van der Waals surface area (Å²) in [4.78, 5) is 4.94. The molecule has 1 aliphatic rings. The van der Waals surface area contributed by atoms with Crippen molar-refractivity contribution in [1.29, 1.82) is 0 Å². The average Bonchev–Trinajstić information content (AvgIpc) is 3.74. The maximum absolute atomic E-state index is 6.50. The maximum atomic E-state index is 6.50. The van der Waals surface area contributed by atoms with Gasteiger partial charge in [0.05, 0.1) is 17.3 Å². The van der Waals surface area contributed by atoms with Crippen LogP contribution >= 0.6 is 0 Å². The van der Waals surface area contributed by atoms with E-state index in [9.17, 15) is 0 Å². The van der Waals surface area contributed by atoms with Crippen molar-refractivity contribution in [2.45, 2.75) is 44.9 Å². The third-order valence-electron chi connectivity index (χ3n) is 9.52. The molecule has 6 heteroatoms. The van der Waals surface area contributed by atoms with Gasteiger partial charge in [-0.05, 0) is 63.0 Å². The van der Waals surface area contributed by atoms with Crippen LogP contribution in [0, 0.1) is 12.1 Å². The molecule has 5 aromatic carbocycles. The van der Waals surface area contributed by atoms with Gasteiger partial charge in [-0.1, -0.05) is 106 Å². The zero-order valence-electron chi connectivity index (χ0n) is 28.4. The Morgan fingerprint density at radius 3 is 1.88 bits per heavy atom. The second kappa shape index (κ2) is 13.6. The predicted molar refractivity (Wildman–Crippen MR) is 194 cm³/mol. The molecule has 0 fully saturated rings. The van der Waals surface area contributed by atoms with Gasteiger partial charge in [0.15, 0.2) is 0 Å². The Labute approximate surface area is 308 Å². The van der Waals surface area contributed by atoms with E-state index in [-0.39, 0.29) is 21.1 Å². The number of fused-ring (bicyclic) bond motifs is 3. The van der Waals surface area contributed by atoms with Gasteiger partial charge >= 0.3 is 21.1 Å². The van der Waals surface area contributed by atoms with Crippen LogP contribution in [0.2, 0.25) is 0 Å². The van der Waals surface area contributed by atoms with Gasteiger partial charge in [-0.15, -0.1) is 41.0 Å². The number of hydrogen-bond acceptors (Lipinski definition) is 4.